The number of hydrogen-bond acceptors (Lipinski definition) is 3. The van der Waals surface area contributed by atoms with E-state index in [0.29, 0.717) is 0 Å². The molecule has 0 aromatic heterocycles. The highest BCUT2D eigenvalue weighted by Crippen LogP contribution is 2.28. The molecule has 3 rings (SSSR count). The van der Waals surface area contributed by atoms with Crippen molar-refractivity contribution in [3.8, 4) is 0 Å². The maximum Gasteiger partial charge on any atom is 0.244 e. The molecule has 1 atom stereocenters. The Bertz CT molecular complexity index is 549. The zero-order valence-corrected chi connectivity index (χ0v) is 15.3. The zero-order valence-electron chi connectivity index (χ0n) is 15.3. The second kappa shape index (κ2) is 7.24. The van der Waals surface area contributed by atoms with E-state index in [9.17, 15) is 4.79 Å². The van der Waals surface area contributed by atoms with Crippen molar-refractivity contribution in [3.05, 3.63) is 35.4 Å². The lowest BCUT2D eigenvalue weighted by molar-refractivity contribution is -0.136. The van der Waals surface area contributed by atoms with Gasteiger partial charge in [0.2, 0.25) is 5.91 Å². The maximum absolute atomic E-state index is 13.2. The number of piperazine rings is 1. The Morgan fingerprint density at radius 3 is 2.12 bits per heavy atom. The van der Waals surface area contributed by atoms with E-state index in [1.165, 1.54) is 5.56 Å². The molecule has 2 fully saturated rings. The fourth-order valence-corrected chi connectivity index (χ4v) is 3.73. The first kappa shape index (κ1) is 17.4. The van der Waals surface area contributed by atoms with Crippen molar-refractivity contribution in [1.29, 1.82) is 0 Å². The number of hydrogen-bond donors (Lipinski definition) is 1. The number of benzene rings is 1. The van der Waals surface area contributed by atoms with E-state index in [0.717, 1.165) is 57.7 Å². The van der Waals surface area contributed by atoms with E-state index in [-0.39, 0.29) is 17.4 Å². The minimum atomic E-state index is -0.126. The van der Waals surface area contributed by atoms with Gasteiger partial charge in [-0.25, -0.2) is 0 Å². The summed E-state index contributed by atoms with van der Waals surface area (Å²) in [7, 11) is 0. The Hall–Kier alpha value is -1.39. The van der Waals surface area contributed by atoms with Gasteiger partial charge < -0.3 is 10.2 Å². The molecule has 0 spiro atoms. The van der Waals surface area contributed by atoms with Crippen LogP contribution >= 0.6 is 0 Å². The summed E-state index contributed by atoms with van der Waals surface area (Å²) in [6.07, 6.45) is 2.28. The summed E-state index contributed by atoms with van der Waals surface area (Å²) in [6, 6.07) is 8.60. The number of likely N-dealkylation sites (tertiary alicyclic amines) is 1. The summed E-state index contributed by atoms with van der Waals surface area (Å²) >= 11 is 0. The van der Waals surface area contributed by atoms with Crippen LogP contribution in [0, 0.1) is 0 Å². The Morgan fingerprint density at radius 2 is 1.58 bits per heavy atom. The summed E-state index contributed by atoms with van der Waals surface area (Å²) in [6.45, 7) is 12.3. The number of rotatable bonds is 3. The fourth-order valence-electron chi connectivity index (χ4n) is 3.73. The number of carbonyl (C=O) groups excluding carboxylic acids is 1. The highest BCUT2D eigenvalue weighted by molar-refractivity contribution is 5.83. The lowest BCUT2D eigenvalue weighted by Gasteiger charge is -2.36. The van der Waals surface area contributed by atoms with Gasteiger partial charge in [0.05, 0.1) is 0 Å². The van der Waals surface area contributed by atoms with E-state index in [4.69, 9.17) is 0 Å². The summed E-state index contributed by atoms with van der Waals surface area (Å²) < 4.78 is 0. The van der Waals surface area contributed by atoms with Crippen LogP contribution in [0.1, 0.15) is 50.8 Å². The van der Waals surface area contributed by atoms with E-state index in [1.807, 2.05) is 0 Å². The lowest BCUT2D eigenvalue weighted by Crippen LogP contribution is -2.49. The van der Waals surface area contributed by atoms with Gasteiger partial charge in [0.15, 0.2) is 0 Å². The highest BCUT2D eigenvalue weighted by atomic mass is 16.2. The predicted molar refractivity (Wildman–Crippen MR) is 98.1 cm³/mol. The fraction of sp³-hybridized carbons (Fsp3) is 0.650. The molecule has 0 aliphatic carbocycles. The maximum atomic E-state index is 13.2. The van der Waals surface area contributed by atoms with Crippen molar-refractivity contribution >= 4 is 5.91 Å². The standard InChI is InChI=1S/C20H31N3O/c1-20(2,3)17-8-6-16(7-9-17)18(22-14-10-21-11-15-22)19(24)23-12-4-5-13-23/h6-9,18,21H,4-5,10-15H2,1-3H3. The SMILES string of the molecule is CC(C)(C)c1ccc(C(C(=O)N2CCCC2)N2CCNCC2)cc1. The van der Waals surface area contributed by atoms with Crippen LogP contribution in [0.4, 0.5) is 0 Å². The molecule has 24 heavy (non-hydrogen) atoms. The van der Waals surface area contributed by atoms with Crippen molar-refractivity contribution in [2.24, 2.45) is 0 Å². The molecule has 2 saturated heterocycles. The normalized spacial score (nSPS) is 21.0. The summed E-state index contributed by atoms with van der Waals surface area (Å²) in [5, 5.41) is 3.39. The molecule has 4 heteroatoms. The van der Waals surface area contributed by atoms with Crippen molar-refractivity contribution < 1.29 is 4.79 Å². The van der Waals surface area contributed by atoms with Crippen molar-refractivity contribution in [2.45, 2.75) is 45.1 Å². The van der Waals surface area contributed by atoms with Crippen LogP contribution in [0.15, 0.2) is 24.3 Å². The van der Waals surface area contributed by atoms with Crippen molar-refractivity contribution in [1.82, 2.24) is 15.1 Å². The molecule has 1 amide bonds. The zero-order chi connectivity index (χ0) is 17.2. The smallest absolute Gasteiger partial charge is 0.244 e. The second-order valence-electron chi connectivity index (χ2n) is 8.09. The van der Waals surface area contributed by atoms with Crippen molar-refractivity contribution in [3.63, 3.8) is 0 Å². The average molecular weight is 329 g/mol. The van der Waals surface area contributed by atoms with E-state index >= 15 is 0 Å². The third-order valence-electron chi connectivity index (χ3n) is 5.26. The Kier molecular flexibility index (Phi) is 5.26. The molecule has 2 aliphatic rings. The lowest BCUT2D eigenvalue weighted by atomic mass is 9.86. The van der Waals surface area contributed by atoms with Crippen LogP contribution in [0.5, 0.6) is 0 Å². The molecule has 2 heterocycles. The van der Waals surface area contributed by atoms with Gasteiger partial charge in [0.1, 0.15) is 6.04 Å². The van der Waals surface area contributed by atoms with Crippen LogP contribution in [-0.4, -0.2) is 55.0 Å². The number of nitrogens with zero attached hydrogens (tertiary/aromatic N) is 2. The van der Waals surface area contributed by atoms with Gasteiger partial charge in [-0.15, -0.1) is 0 Å². The first-order valence-electron chi connectivity index (χ1n) is 9.31. The van der Waals surface area contributed by atoms with Crippen LogP contribution in [0.3, 0.4) is 0 Å². The predicted octanol–water partition coefficient (Wildman–Crippen LogP) is 2.55. The quantitative estimate of drug-likeness (QED) is 0.926. The molecule has 1 aromatic carbocycles. The van der Waals surface area contributed by atoms with E-state index in [1.54, 1.807) is 0 Å². The molecule has 1 unspecified atom stereocenters. The van der Waals surface area contributed by atoms with Crippen molar-refractivity contribution in [2.75, 3.05) is 39.3 Å². The second-order valence-corrected chi connectivity index (χ2v) is 8.09. The Labute approximate surface area is 146 Å². The Balaban J connectivity index is 1.86. The molecule has 0 saturated carbocycles. The number of carbonyl (C=O) groups is 1. The molecule has 1 aromatic rings. The third-order valence-corrected chi connectivity index (χ3v) is 5.26. The Morgan fingerprint density at radius 1 is 1.00 bits per heavy atom. The largest absolute Gasteiger partial charge is 0.341 e. The first-order valence-corrected chi connectivity index (χ1v) is 9.31. The minimum Gasteiger partial charge on any atom is -0.341 e. The highest BCUT2D eigenvalue weighted by Gasteiger charge is 2.33. The average Bonchev–Trinajstić information content (AvgIpc) is 3.10. The van der Waals surface area contributed by atoms with E-state index in [2.05, 4.69) is 60.2 Å². The summed E-state index contributed by atoms with van der Waals surface area (Å²) in [4.78, 5) is 17.6. The topological polar surface area (TPSA) is 35.6 Å². The first-order chi connectivity index (χ1) is 11.5. The van der Waals surface area contributed by atoms with Crippen LogP contribution in [0.25, 0.3) is 0 Å². The molecule has 0 radical (unpaired) electrons. The molecule has 4 nitrogen and oxygen atoms in total. The third kappa shape index (κ3) is 3.81. The van der Waals surface area contributed by atoms with Gasteiger partial charge in [-0.1, -0.05) is 45.0 Å². The molecular weight excluding hydrogens is 298 g/mol. The monoisotopic (exact) mass is 329 g/mol. The number of amides is 1. The van der Waals surface area contributed by atoms with Gasteiger partial charge in [-0.3, -0.25) is 9.69 Å². The van der Waals surface area contributed by atoms with Gasteiger partial charge in [0, 0.05) is 39.3 Å². The summed E-state index contributed by atoms with van der Waals surface area (Å²) in [5.41, 5.74) is 2.60. The molecule has 0 bridgehead atoms. The van der Waals surface area contributed by atoms with Gasteiger partial charge in [-0.2, -0.15) is 0 Å². The summed E-state index contributed by atoms with van der Waals surface area (Å²) in [5.74, 6) is 0.290. The molecule has 1 N–H and O–H groups in total. The van der Waals surface area contributed by atoms with Crippen LogP contribution in [-0.2, 0) is 10.2 Å². The molecular formula is C20H31N3O. The van der Waals surface area contributed by atoms with Crippen LogP contribution in [0.2, 0.25) is 0 Å². The number of nitrogens with one attached hydrogen (secondary N) is 1. The van der Waals surface area contributed by atoms with Crippen LogP contribution < -0.4 is 5.32 Å². The van der Waals surface area contributed by atoms with Gasteiger partial charge in [-0.05, 0) is 29.4 Å². The van der Waals surface area contributed by atoms with E-state index < -0.39 is 0 Å². The molecule has 132 valence electrons. The molecule has 2 aliphatic heterocycles. The van der Waals surface area contributed by atoms with Gasteiger partial charge >= 0.3 is 0 Å². The minimum absolute atomic E-state index is 0.126. The van der Waals surface area contributed by atoms with Gasteiger partial charge in [0.25, 0.3) is 0 Å².